The summed E-state index contributed by atoms with van der Waals surface area (Å²) in [7, 11) is -4.51. The molecule has 1 aromatic heterocycles. The lowest BCUT2D eigenvalue weighted by Gasteiger charge is -2.23. The minimum Gasteiger partial charge on any atom is -0.463 e. The number of carbonyl (C=O) groups excluding carboxylic acids is 1. The van der Waals surface area contributed by atoms with Gasteiger partial charge in [-0.05, 0) is 19.9 Å². The number of hydrogen-bond acceptors (Lipinski definition) is 11. The summed E-state index contributed by atoms with van der Waals surface area (Å²) < 4.78 is 43.4. The predicted octanol–water partition coefficient (Wildman–Crippen LogP) is 0.0897. The fourth-order valence-electron chi connectivity index (χ4n) is 2.92. The summed E-state index contributed by atoms with van der Waals surface area (Å²) in [5.41, 5.74) is 8.86. The number of nitrogens with one attached hydrogen (secondary N) is 1. The van der Waals surface area contributed by atoms with Crippen molar-refractivity contribution in [2.24, 2.45) is 11.0 Å². The van der Waals surface area contributed by atoms with Crippen molar-refractivity contribution >= 4 is 19.4 Å². The van der Waals surface area contributed by atoms with Crippen molar-refractivity contribution in [3.05, 3.63) is 22.7 Å². The van der Waals surface area contributed by atoms with Gasteiger partial charge in [0.1, 0.15) is 24.1 Å². The Hall–Kier alpha value is -2.54. The van der Waals surface area contributed by atoms with Crippen molar-refractivity contribution in [3.8, 4) is 0 Å². The number of aromatic nitrogens is 2. The first-order valence-electron chi connectivity index (χ1n) is 9.42. The van der Waals surface area contributed by atoms with Gasteiger partial charge < -0.3 is 29.7 Å². The van der Waals surface area contributed by atoms with Crippen LogP contribution in [0.25, 0.3) is 0 Å². The summed E-state index contributed by atoms with van der Waals surface area (Å²) in [4.78, 5) is 40.2. The van der Waals surface area contributed by atoms with Crippen LogP contribution in [0.15, 0.2) is 22.2 Å². The third-order valence-corrected chi connectivity index (χ3v) is 5.97. The second kappa shape index (κ2) is 9.94. The van der Waals surface area contributed by atoms with Gasteiger partial charge in [-0.3, -0.25) is 13.9 Å². The maximum absolute atomic E-state index is 15.0. The molecular weight excluding hydrogens is 454 g/mol. The molecule has 0 amide bonds. The highest BCUT2D eigenvalue weighted by atomic mass is 31.2. The molecule has 2 heterocycles. The summed E-state index contributed by atoms with van der Waals surface area (Å²) in [6.45, 7) is 3.51. The largest absolute Gasteiger partial charge is 0.463 e. The smallest absolute Gasteiger partial charge is 0.351 e. The third kappa shape index (κ3) is 5.82. The topological polar surface area (TPSA) is 214 Å². The molecule has 1 fully saturated rings. The summed E-state index contributed by atoms with van der Waals surface area (Å²) in [6, 6.07) is 1.20. The van der Waals surface area contributed by atoms with E-state index in [1.54, 1.807) is 13.8 Å². The Bertz CT molecular complexity index is 1000. The highest BCUT2D eigenvalue weighted by Crippen LogP contribution is 2.48. The van der Waals surface area contributed by atoms with Crippen LogP contribution in [0.3, 0.4) is 0 Å². The number of rotatable bonds is 9. The first-order chi connectivity index (χ1) is 14.8. The SMILES string of the molecule is CC(C)OC(=O)[C@H](C)CP(=O)(O)OC[C@@]1(N=[N+]=N)O[C@@H](n2ccc(N)nc2=O)[C@H](O)[C@@H]1F. The van der Waals surface area contributed by atoms with Gasteiger partial charge in [-0.2, -0.15) is 4.98 Å². The normalized spacial score (nSPS) is 28.0. The summed E-state index contributed by atoms with van der Waals surface area (Å²) in [6.07, 6.45) is -6.07. The van der Waals surface area contributed by atoms with E-state index in [0.29, 0.717) is 0 Å². The highest BCUT2D eigenvalue weighted by Gasteiger charge is 2.62. The monoisotopic (exact) mass is 479 g/mol. The molecule has 2 rings (SSSR count). The molecule has 0 aromatic carbocycles. The maximum atomic E-state index is 15.0. The quantitative estimate of drug-likeness (QED) is 0.162. The summed E-state index contributed by atoms with van der Waals surface area (Å²) in [5, 5.41) is 13.6. The van der Waals surface area contributed by atoms with Crippen molar-refractivity contribution in [3.63, 3.8) is 0 Å². The van der Waals surface area contributed by atoms with Crippen LogP contribution in [0.2, 0.25) is 0 Å². The van der Waals surface area contributed by atoms with Crippen LogP contribution in [-0.4, -0.2) is 62.4 Å². The van der Waals surface area contributed by atoms with Crippen LogP contribution in [0, 0.1) is 11.4 Å². The first kappa shape index (κ1) is 25.7. The van der Waals surface area contributed by atoms with Crippen molar-refractivity contribution in [1.82, 2.24) is 14.5 Å². The molecule has 0 saturated carbocycles. The molecule has 0 aliphatic carbocycles. The number of halogens is 1. The van der Waals surface area contributed by atoms with Crippen LogP contribution in [0.1, 0.15) is 27.0 Å². The van der Waals surface area contributed by atoms with Gasteiger partial charge in [-0.15, -0.1) is 0 Å². The lowest BCUT2D eigenvalue weighted by molar-refractivity contribution is -0.151. The second-order valence-corrected chi connectivity index (χ2v) is 9.37. The zero-order valence-electron chi connectivity index (χ0n) is 17.5. The van der Waals surface area contributed by atoms with Crippen molar-refractivity contribution < 1.29 is 37.7 Å². The number of nitrogens with zero attached hydrogens (tertiary/aromatic N) is 4. The number of aliphatic hydroxyl groups excluding tert-OH is 1. The minimum atomic E-state index is -4.51. The molecule has 6 atom stereocenters. The number of ether oxygens (including phenoxy) is 2. The Morgan fingerprint density at radius 1 is 1.56 bits per heavy atom. The molecule has 1 aliphatic heterocycles. The predicted molar refractivity (Wildman–Crippen MR) is 105 cm³/mol. The average molecular weight is 479 g/mol. The van der Waals surface area contributed by atoms with Gasteiger partial charge in [-0.25, -0.2) is 9.18 Å². The number of alkyl halides is 1. The van der Waals surface area contributed by atoms with Crippen LogP contribution in [0.5, 0.6) is 0 Å². The molecule has 1 unspecified atom stereocenters. The molecule has 16 heteroatoms. The Balaban J connectivity index is 2.21. The van der Waals surface area contributed by atoms with E-state index in [4.69, 9.17) is 25.3 Å². The number of aliphatic hydroxyl groups is 1. The molecule has 14 nitrogen and oxygen atoms in total. The number of anilines is 1. The third-order valence-electron chi connectivity index (χ3n) is 4.42. The molecule has 178 valence electrons. The molecule has 0 bridgehead atoms. The molecule has 1 aromatic rings. The lowest BCUT2D eigenvalue weighted by atomic mass is 10.1. The van der Waals surface area contributed by atoms with Crippen LogP contribution in [0.4, 0.5) is 10.2 Å². The van der Waals surface area contributed by atoms with E-state index in [9.17, 15) is 28.5 Å². The summed E-state index contributed by atoms with van der Waals surface area (Å²) >= 11 is 0. The molecular formula is C16H25FN6O8P+. The van der Waals surface area contributed by atoms with Gasteiger partial charge >= 0.3 is 25.0 Å². The molecule has 5 N–H and O–H groups in total. The van der Waals surface area contributed by atoms with Crippen LogP contribution in [-0.2, 0) is 23.4 Å². The zero-order valence-corrected chi connectivity index (χ0v) is 18.4. The van der Waals surface area contributed by atoms with Gasteiger partial charge in [0.05, 0.1) is 18.2 Å². The van der Waals surface area contributed by atoms with Gasteiger partial charge in [-0.1, -0.05) is 6.92 Å². The Morgan fingerprint density at radius 2 is 2.22 bits per heavy atom. The van der Waals surface area contributed by atoms with E-state index in [1.807, 2.05) is 0 Å². The Morgan fingerprint density at radius 3 is 2.78 bits per heavy atom. The number of nitrogens with two attached hydrogens (primary N) is 1. The molecule has 0 radical (unpaired) electrons. The number of hydrogen-bond donors (Lipinski definition) is 4. The van der Waals surface area contributed by atoms with E-state index >= 15 is 0 Å². The number of esters is 1. The first-order valence-corrected chi connectivity index (χ1v) is 11.2. The average Bonchev–Trinajstić information content (AvgIpc) is 2.92. The fourth-order valence-corrected chi connectivity index (χ4v) is 4.25. The standard InChI is InChI=1S/C16H24FN6O8P/c1-8(2)30-14(25)9(3)6-32(27,28)29-7-16(21-22-19)12(17)11(24)13(31-16)23-5-4-10(18)20-15(23)26/h4-5,8-9,11-13,19,24H,6-7H2,1-3H3,(H2-,18,20,26,27,28)/p+1/t9-,11-,12+,13-,16-/m1/s1. The van der Waals surface area contributed by atoms with E-state index < -0.39 is 68.3 Å². The fraction of sp³-hybridized carbons (Fsp3) is 0.688. The minimum absolute atomic E-state index is 0.123. The maximum Gasteiger partial charge on any atom is 0.351 e. The summed E-state index contributed by atoms with van der Waals surface area (Å²) in [5.74, 6) is -1.88. The van der Waals surface area contributed by atoms with Crippen molar-refractivity contribution in [2.45, 2.75) is 51.1 Å². The molecule has 32 heavy (non-hydrogen) atoms. The Labute approximate surface area is 181 Å². The van der Waals surface area contributed by atoms with Gasteiger partial charge in [0.15, 0.2) is 17.5 Å². The van der Waals surface area contributed by atoms with E-state index in [1.165, 1.54) is 13.0 Å². The molecule has 0 spiro atoms. The van der Waals surface area contributed by atoms with Gasteiger partial charge in [0.2, 0.25) is 4.91 Å². The van der Waals surface area contributed by atoms with Crippen LogP contribution >= 0.6 is 7.60 Å². The number of carbonyl (C=O) groups is 1. The zero-order chi connectivity index (χ0) is 24.3. The second-order valence-electron chi connectivity index (χ2n) is 7.47. The van der Waals surface area contributed by atoms with Crippen LogP contribution < -0.4 is 16.3 Å². The van der Waals surface area contributed by atoms with E-state index in [2.05, 4.69) is 15.0 Å². The van der Waals surface area contributed by atoms with Crippen molar-refractivity contribution in [2.75, 3.05) is 18.5 Å². The van der Waals surface area contributed by atoms with Gasteiger partial charge in [0, 0.05) is 6.20 Å². The van der Waals surface area contributed by atoms with Crippen molar-refractivity contribution in [1.29, 1.82) is 5.53 Å². The highest BCUT2D eigenvalue weighted by molar-refractivity contribution is 7.52. The molecule has 1 aliphatic rings. The molecule has 1 saturated heterocycles. The Kier molecular flexibility index (Phi) is 7.99. The van der Waals surface area contributed by atoms with E-state index in [-0.39, 0.29) is 5.82 Å². The van der Waals surface area contributed by atoms with E-state index in [0.717, 1.165) is 10.8 Å². The lowest BCUT2D eigenvalue weighted by Crippen LogP contribution is -2.42. The van der Waals surface area contributed by atoms with Gasteiger partial charge in [0.25, 0.3) is 0 Å². The number of nitrogen functional groups attached to an aromatic ring is 1.